The second-order valence-corrected chi connectivity index (χ2v) is 9.56. The van der Waals surface area contributed by atoms with Crippen LogP contribution in [0.1, 0.15) is 79.8 Å². The fraction of sp³-hybridized carbons (Fsp3) is 0.739. The van der Waals surface area contributed by atoms with E-state index in [1.165, 1.54) is 17.5 Å². The van der Waals surface area contributed by atoms with Crippen molar-refractivity contribution in [2.75, 3.05) is 32.7 Å². The molecule has 1 aromatic heterocycles. The Hall–Kier alpha value is -2.42. The van der Waals surface area contributed by atoms with Crippen molar-refractivity contribution in [1.82, 2.24) is 30.2 Å². The molecule has 2 fully saturated rings. The molecule has 1 atom stereocenters. The van der Waals surface area contributed by atoms with E-state index in [4.69, 9.17) is 0 Å². The molecule has 4 rings (SSSR count). The summed E-state index contributed by atoms with van der Waals surface area (Å²) in [7, 11) is 0. The van der Waals surface area contributed by atoms with Crippen LogP contribution in [0.5, 0.6) is 0 Å². The van der Waals surface area contributed by atoms with Crippen molar-refractivity contribution in [3.8, 4) is 0 Å². The number of carbonyl (C=O) groups excluding carboxylic acids is 3. The minimum atomic E-state index is -1.03. The molecule has 9 nitrogen and oxygen atoms in total. The van der Waals surface area contributed by atoms with Crippen LogP contribution in [0.4, 0.5) is 0 Å². The topological polar surface area (TPSA) is 99.6 Å². The maximum atomic E-state index is 13.3. The Kier molecular flexibility index (Phi) is 6.83. The molecule has 2 N–H and O–H groups in total. The normalized spacial score (nSPS) is 24.1. The van der Waals surface area contributed by atoms with E-state index in [1.54, 1.807) is 11.0 Å². The molecule has 3 heterocycles. The quantitative estimate of drug-likeness (QED) is 0.631. The van der Waals surface area contributed by atoms with E-state index in [9.17, 15) is 14.4 Å². The highest BCUT2D eigenvalue weighted by molar-refractivity contribution is 6.01. The highest BCUT2D eigenvalue weighted by Gasteiger charge is 2.48. The van der Waals surface area contributed by atoms with Crippen LogP contribution < -0.4 is 10.6 Å². The van der Waals surface area contributed by atoms with Crippen LogP contribution in [0.15, 0.2) is 6.07 Å². The summed E-state index contributed by atoms with van der Waals surface area (Å²) < 4.78 is 1.54. The summed E-state index contributed by atoms with van der Waals surface area (Å²) in [5.74, 6) is -0.659. The van der Waals surface area contributed by atoms with Crippen LogP contribution >= 0.6 is 0 Å². The first kappa shape index (κ1) is 22.8. The van der Waals surface area contributed by atoms with Gasteiger partial charge in [-0.1, -0.05) is 19.8 Å². The lowest BCUT2D eigenvalue weighted by Crippen LogP contribution is -2.65. The number of likely N-dealkylation sites (tertiary alicyclic amines) is 1. The van der Waals surface area contributed by atoms with E-state index < -0.39 is 5.54 Å². The van der Waals surface area contributed by atoms with E-state index in [-0.39, 0.29) is 36.0 Å². The van der Waals surface area contributed by atoms with Gasteiger partial charge in [0.1, 0.15) is 11.2 Å². The van der Waals surface area contributed by atoms with Crippen molar-refractivity contribution >= 4 is 17.7 Å². The number of hydrogen-bond donors (Lipinski definition) is 2. The first-order chi connectivity index (χ1) is 15.4. The van der Waals surface area contributed by atoms with Gasteiger partial charge in [0, 0.05) is 31.7 Å². The summed E-state index contributed by atoms with van der Waals surface area (Å²) in [6.45, 7) is 8.07. The molecule has 1 saturated heterocycles. The van der Waals surface area contributed by atoms with Crippen LogP contribution in [0.25, 0.3) is 0 Å². The lowest BCUT2D eigenvalue weighted by atomic mass is 9.94. The number of hydrogen-bond acceptors (Lipinski definition) is 5. The minimum Gasteiger partial charge on any atom is -0.351 e. The number of fused-ring (bicyclic) bond motifs is 1. The van der Waals surface area contributed by atoms with Crippen LogP contribution in [-0.4, -0.2) is 81.6 Å². The highest BCUT2D eigenvalue weighted by Crippen LogP contribution is 2.29. The van der Waals surface area contributed by atoms with Gasteiger partial charge in [0.05, 0.1) is 6.54 Å². The molecule has 2 aliphatic heterocycles. The SMILES string of the molecule is CCCN1C(=O)c2cc(C(=O)NCCN3CCCC3)nn2C[C@]1(C)C(=O)NC1CCCC1. The third-order valence-electron chi connectivity index (χ3n) is 7.07. The van der Waals surface area contributed by atoms with Crippen molar-refractivity contribution in [1.29, 1.82) is 0 Å². The summed E-state index contributed by atoms with van der Waals surface area (Å²) >= 11 is 0. The fourth-order valence-electron chi connectivity index (χ4n) is 5.16. The predicted octanol–water partition coefficient (Wildman–Crippen LogP) is 1.39. The van der Waals surface area contributed by atoms with Gasteiger partial charge in [-0.15, -0.1) is 0 Å². The Morgan fingerprint density at radius 3 is 2.56 bits per heavy atom. The lowest BCUT2D eigenvalue weighted by Gasteiger charge is -2.43. The Labute approximate surface area is 189 Å². The second-order valence-electron chi connectivity index (χ2n) is 9.56. The monoisotopic (exact) mass is 444 g/mol. The van der Waals surface area contributed by atoms with E-state index in [1.807, 2.05) is 13.8 Å². The Balaban J connectivity index is 1.48. The number of carbonyl (C=O) groups is 3. The molecule has 3 aliphatic rings. The molecular formula is C23H36N6O3. The second kappa shape index (κ2) is 9.60. The average Bonchev–Trinajstić information content (AvgIpc) is 3.53. The van der Waals surface area contributed by atoms with Crippen molar-refractivity contribution in [3.05, 3.63) is 17.5 Å². The van der Waals surface area contributed by atoms with Crippen LogP contribution in [0.3, 0.4) is 0 Å². The minimum absolute atomic E-state index is 0.135. The predicted molar refractivity (Wildman–Crippen MR) is 120 cm³/mol. The van der Waals surface area contributed by atoms with E-state index in [0.717, 1.165) is 51.7 Å². The molecule has 1 aromatic rings. The standard InChI is InChI=1S/C23H36N6O3/c1-3-11-28-21(31)19-15-18(20(30)24-10-14-27-12-6-7-13-27)26-29(19)16-23(28,2)22(32)25-17-8-4-5-9-17/h15,17H,3-14,16H2,1-2H3,(H,24,30)(H,25,32)/t23-/m1/s1. The molecule has 0 radical (unpaired) electrons. The van der Waals surface area contributed by atoms with Gasteiger partial charge in [-0.2, -0.15) is 5.10 Å². The van der Waals surface area contributed by atoms with Crippen LogP contribution in [0.2, 0.25) is 0 Å². The number of aromatic nitrogens is 2. The molecule has 1 saturated carbocycles. The molecule has 1 aliphatic carbocycles. The van der Waals surface area contributed by atoms with Crippen LogP contribution in [0, 0.1) is 0 Å². The van der Waals surface area contributed by atoms with Gasteiger partial charge in [-0.05, 0) is 52.1 Å². The first-order valence-electron chi connectivity index (χ1n) is 12.1. The zero-order valence-corrected chi connectivity index (χ0v) is 19.4. The van der Waals surface area contributed by atoms with Gasteiger partial charge in [0.15, 0.2) is 5.69 Å². The molecule has 0 unspecified atom stereocenters. The largest absolute Gasteiger partial charge is 0.351 e. The lowest BCUT2D eigenvalue weighted by molar-refractivity contribution is -0.133. The van der Waals surface area contributed by atoms with Crippen molar-refractivity contribution in [3.63, 3.8) is 0 Å². The third-order valence-corrected chi connectivity index (χ3v) is 7.07. The average molecular weight is 445 g/mol. The van der Waals surface area contributed by atoms with E-state index in [2.05, 4.69) is 20.6 Å². The molecule has 0 bridgehead atoms. The van der Waals surface area contributed by atoms with E-state index >= 15 is 0 Å². The summed E-state index contributed by atoms with van der Waals surface area (Å²) in [4.78, 5) is 43.3. The van der Waals surface area contributed by atoms with Gasteiger partial charge in [-0.3, -0.25) is 19.1 Å². The number of nitrogens with zero attached hydrogens (tertiary/aromatic N) is 4. The van der Waals surface area contributed by atoms with Crippen LogP contribution in [-0.2, 0) is 11.3 Å². The van der Waals surface area contributed by atoms with Gasteiger partial charge in [-0.25, -0.2) is 0 Å². The number of amides is 3. The Morgan fingerprint density at radius 1 is 1.16 bits per heavy atom. The zero-order valence-electron chi connectivity index (χ0n) is 19.4. The maximum absolute atomic E-state index is 13.3. The smallest absolute Gasteiger partial charge is 0.273 e. The Morgan fingerprint density at radius 2 is 1.88 bits per heavy atom. The van der Waals surface area contributed by atoms with Crippen molar-refractivity contribution < 1.29 is 14.4 Å². The molecule has 176 valence electrons. The van der Waals surface area contributed by atoms with E-state index in [0.29, 0.717) is 18.8 Å². The summed E-state index contributed by atoms with van der Waals surface area (Å²) in [5, 5.41) is 10.5. The van der Waals surface area contributed by atoms with Gasteiger partial charge < -0.3 is 20.4 Å². The molecule has 32 heavy (non-hydrogen) atoms. The van der Waals surface area contributed by atoms with Gasteiger partial charge in [0.2, 0.25) is 5.91 Å². The third kappa shape index (κ3) is 4.53. The zero-order chi connectivity index (χ0) is 22.7. The molecular weight excluding hydrogens is 408 g/mol. The summed E-state index contributed by atoms with van der Waals surface area (Å²) in [6, 6.07) is 1.74. The molecule has 9 heteroatoms. The van der Waals surface area contributed by atoms with Crippen molar-refractivity contribution in [2.45, 2.75) is 76.9 Å². The summed E-state index contributed by atoms with van der Waals surface area (Å²) in [5.41, 5.74) is -0.431. The highest BCUT2D eigenvalue weighted by atomic mass is 16.2. The first-order valence-corrected chi connectivity index (χ1v) is 12.1. The number of nitrogens with one attached hydrogen (secondary N) is 2. The summed E-state index contributed by atoms with van der Waals surface area (Å²) in [6.07, 6.45) is 7.39. The van der Waals surface area contributed by atoms with Gasteiger partial charge in [0.25, 0.3) is 11.8 Å². The molecule has 3 amide bonds. The molecule has 0 aromatic carbocycles. The fourth-order valence-corrected chi connectivity index (χ4v) is 5.16. The molecule has 0 spiro atoms. The van der Waals surface area contributed by atoms with Gasteiger partial charge >= 0.3 is 0 Å². The maximum Gasteiger partial charge on any atom is 0.273 e. The number of rotatable bonds is 8. The van der Waals surface area contributed by atoms with Crippen molar-refractivity contribution in [2.24, 2.45) is 0 Å². The Bertz CT molecular complexity index is 856.